The van der Waals surface area contributed by atoms with Gasteiger partial charge in [-0.05, 0) is 0 Å². The predicted octanol–water partition coefficient (Wildman–Crippen LogP) is 0.295. The van der Waals surface area contributed by atoms with Gasteiger partial charge in [-0.3, -0.25) is 4.79 Å². The minimum Gasteiger partial charge on any atom is -0.299 e. The number of Topliss-reactive ketones (excluding diaryl/α,β-unsaturated/α-hetero) is 1. The third kappa shape index (κ3) is 1.05. The molecule has 1 unspecified atom stereocenters. The van der Waals surface area contributed by atoms with Crippen molar-refractivity contribution in [3.63, 3.8) is 0 Å². The maximum Gasteiger partial charge on any atom is 0.156 e. The molecule has 2 nitrogen and oxygen atoms in total. The lowest BCUT2D eigenvalue weighted by atomic mass is 10.4. The van der Waals surface area contributed by atoms with Gasteiger partial charge in [0.15, 0.2) is 5.23 Å². The highest BCUT2D eigenvalue weighted by Gasteiger charge is 2.13. The van der Waals surface area contributed by atoms with Crippen LogP contribution in [-0.2, 0) is 9.59 Å². The molecule has 0 aliphatic carbocycles. The average Bonchev–Trinajstić information content (AvgIpc) is 2.14. The van der Waals surface area contributed by atoms with E-state index in [4.69, 9.17) is 0 Å². The van der Waals surface area contributed by atoms with Crippen LogP contribution in [0.1, 0.15) is 6.42 Å². The molecule has 0 aromatic carbocycles. The van der Waals surface area contributed by atoms with Gasteiger partial charge in [0.2, 0.25) is 0 Å². The Balaban J connectivity index is 2.70. The number of carbonyl (C=O) groups is 1. The summed E-state index contributed by atoms with van der Waals surface area (Å²) in [5.74, 6) is 1.43. The zero-order valence-corrected chi connectivity index (χ0v) is 5.16. The summed E-state index contributed by atoms with van der Waals surface area (Å²) in [5, 5.41) is 1.85. The summed E-state index contributed by atoms with van der Waals surface area (Å²) in [6.07, 6.45) is 0.596. The molecule has 1 fully saturated rings. The number of rotatable bonds is 0. The summed E-state index contributed by atoms with van der Waals surface area (Å²) in [5.41, 5.74) is 0. The Morgan fingerprint density at radius 2 is 2.38 bits per heavy atom. The molecule has 1 saturated heterocycles. The van der Waals surface area contributed by atoms with E-state index in [2.05, 4.69) is 0 Å². The Morgan fingerprint density at radius 3 is 2.62 bits per heavy atom. The molecule has 0 amide bonds. The van der Waals surface area contributed by atoms with Crippen molar-refractivity contribution in [2.45, 2.75) is 6.42 Å². The standard InChI is InChI=1S/C5H6O2S/c6-4-8-2-1-5(7)3-8/h1-3H2. The van der Waals surface area contributed by atoms with Crippen LogP contribution in [0.15, 0.2) is 0 Å². The van der Waals surface area contributed by atoms with E-state index in [0.29, 0.717) is 12.2 Å². The highest BCUT2D eigenvalue weighted by atomic mass is 32.2. The SMILES string of the molecule is O=C=S1CCC(=O)C1. The molecule has 0 saturated carbocycles. The van der Waals surface area contributed by atoms with Crippen LogP contribution in [0.25, 0.3) is 0 Å². The van der Waals surface area contributed by atoms with Crippen molar-refractivity contribution in [1.29, 1.82) is 0 Å². The van der Waals surface area contributed by atoms with Crippen LogP contribution in [0.3, 0.4) is 0 Å². The van der Waals surface area contributed by atoms with Crippen molar-refractivity contribution in [1.82, 2.24) is 0 Å². The van der Waals surface area contributed by atoms with Crippen molar-refractivity contribution >= 4 is 21.5 Å². The van der Waals surface area contributed by atoms with E-state index in [1.807, 2.05) is 5.23 Å². The van der Waals surface area contributed by atoms with E-state index in [-0.39, 0.29) is 16.3 Å². The maximum atomic E-state index is 10.4. The maximum absolute atomic E-state index is 10.4. The highest BCUT2D eigenvalue weighted by Crippen LogP contribution is 2.19. The Labute approximate surface area is 49.8 Å². The first-order chi connectivity index (χ1) is 3.83. The van der Waals surface area contributed by atoms with Gasteiger partial charge in [0.25, 0.3) is 0 Å². The summed E-state index contributed by atoms with van der Waals surface area (Å²) in [6.45, 7) is 0. The Hall–Kier alpha value is -0.400. The largest absolute Gasteiger partial charge is 0.299 e. The molecule has 1 heterocycles. The molecule has 3 heteroatoms. The van der Waals surface area contributed by atoms with Crippen LogP contribution in [0, 0.1) is 0 Å². The van der Waals surface area contributed by atoms with Crippen LogP contribution in [-0.4, -0.2) is 22.5 Å². The number of hydrogen-bond acceptors (Lipinski definition) is 2. The average molecular weight is 130 g/mol. The van der Waals surface area contributed by atoms with Crippen molar-refractivity contribution in [2.75, 3.05) is 11.5 Å². The molecular weight excluding hydrogens is 124 g/mol. The summed E-state index contributed by atoms with van der Waals surface area (Å²) in [7, 11) is -0.319. The quantitative estimate of drug-likeness (QED) is 0.442. The molecule has 0 spiro atoms. The van der Waals surface area contributed by atoms with Crippen LogP contribution >= 0.6 is 10.5 Å². The zero-order chi connectivity index (χ0) is 5.98. The fourth-order valence-electron chi connectivity index (χ4n) is 0.647. The molecule has 8 heavy (non-hydrogen) atoms. The molecule has 0 aromatic rings. The Morgan fingerprint density at radius 1 is 1.62 bits per heavy atom. The smallest absolute Gasteiger partial charge is 0.156 e. The number of hydrogen-bond donors (Lipinski definition) is 0. The van der Waals surface area contributed by atoms with Gasteiger partial charge in [-0.1, -0.05) is 10.5 Å². The second kappa shape index (κ2) is 2.25. The fraction of sp³-hybridized carbons (Fsp3) is 0.600. The topological polar surface area (TPSA) is 34.1 Å². The zero-order valence-electron chi connectivity index (χ0n) is 4.35. The fourth-order valence-corrected chi connectivity index (χ4v) is 1.94. The number of carbonyl (C=O) groups excluding carboxylic acids is 2. The predicted molar refractivity (Wildman–Crippen MR) is 32.6 cm³/mol. The van der Waals surface area contributed by atoms with Crippen molar-refractivity contribution in [2.24, 2.45) is 0 Å². The molecule has 0 N–H and O–H groups in total. The van der Waals surface area contributed by atoms with E-state index >= 15 is 0 Å². The minimum absolute atomic E-state index is 0.219. The van der Waals surface area contributed by atoms with Gasteiger partial charge in [-0.15, -0.1) is 0 Å². The third-order valence-electron chi connectivity index (χ3n) is 1.08. The van der Waals surface area contributed by atoms with E-state index in [9.17, 15) is 9.59 Å². The Bertz CT molecular complexity index is 167. The molecule has 0 bridgehead atoms. The van der Waals surface area contributed by atoms with Crippen LogP contribution in [0.5, 0.6) is 0 Å². The van der Waals surface area contributed by atoms with Gasteiger partial charge >= 0.3 is 0 Å². The molecule has 1 aliphatic heterocycles. The third-order valence-corrected chi connectivity index (χ3v) is 2.68. The first-order valence-electron chi connectivity index (χ1n) is 2.40. The lowest BCUT2D eigenvalue weighted by molar-refractivity contribution is -0.115. The van der Waals surface area contributed by atoms with Crippen molar-refractivity contribution in [3.8, 4) is 0 Å². The molecule has 1 aliphatic rings. The lowest BCUT2D eigenvalue weighted by Gasteiger charge is -1.79. The lowest BCUT2D eigenvalue weighted by Crippen LogP contribution is -1.89. The van der Waals surface area contributed by atoms with Crippen LogP contribution < -0.4 is 0 Å². The van der Waals surface area contributed by atoms with Crippen molar-refractivity contribution in [3.05, 3.63) is 0 Å². The van der Waals surface area contributed by atoms with Gasteiger partial charge in [0, 0.05) is 12.2 Å². The first kappa shape index (κ1) is 5.73. The van der Waals surface area contributed by atoms with E-state index in [1.165, 1.54) is 0 Å². The van der Waals surface area contributed by atoms with E-state index < -0.39 is 0 Å². The Kier molecular flexibility index (Phi) is 1.61. The summed E-state index contributed by atoms with van der Waals surface area (Å²) >= 11 is 0. The first-order valence-corrected chi connectivity index (χ1v) is 3.96. The summed E-state index contributed by atoms with van der Waals surface area (Å²) in [4.78, 5) is 20.3. The second-order valence-electron chi connectivity index (χ2n) is 1.71. The monoisotopic (exact) mass is 130 g/mol. The normalized spacial score (nSPS) is 28.0. The van der Waals surface area contributed by atoms with E-state index in [0.717, 1.165) is 5.75 Å². The highest BCUT2D eigenvalue weighted by molar-refractivity contribution is 8.15. The van der Waals surface area contributed by atoms with Crippen molar-refractivity contribution < 1.29 is 9.59 Å². The summed E-state index contributed by atoms with van der Waals surface area (Å²) < 4.78 is 0. The molecule has 0 aromatic heterocycles. The van der Waals surface area contributed by atoms with E-state index in [1.54, 1.807) is 0 Å². The van der Waals surface area contributed by atoms with Gasteiger partial charge in [0.1, 0.15) is 5.78 Å². The van der Waals surface area contributed by atoms with Gasteiger partial charge in [-0.2, -0.15) is 0 Å². The minimum atomic E-state index is -0.319. The van der Waals surface area contributed by atoms with Crippen LogP contribution in [0.2, 0.25) is 0 Å². The molecular formula is C5H6O2S. The summed E-state index contributed by atoms with van der Waals surface area (Å²) in [6, 6.07) is 0. The molecule has 0 radical (unpaired) electrons. The van der Waals surface area contributed by atoms with Crippen LogP contribution in [0.4, 0.5) is 0 Å². The molecule has 44 valence electrons. The van der Waals surface area contributed by atoms with Gasteiger partial charge in [0.05, 0.1) is 5.75 Å². The second-order valence-corrected chi connectivity index (χ2v) is 3.56. The molecule has 1 rings (SSSR count). The number of ketones is 1. The molecule has 1 atom stereocenters. The van der Waals surface area contributed by atoms with Gasteiger partial charge < -0.3 is 0 Å². The van der Waals surface area contributed by atoms with Gasteiger partial charge in [-0.25, -0.2) is 4.79 Å².